The van der Waals surface area contributed by atoms with E-state index in [1.165, 1.54) is 0 Å². The first kappa shape index (κ1) is 14.5. The van der Waals surface area contributed by atoms with E-state index in [-0.39, 0.29) is 16.5 Å². The van der Waals surface area contributed by atoms with Crippen molar-refractivity contribution >= 4 is 15.9 Å². The molecule has 0 aliphatic heterocycles. The van der Waals surface area contributed by atoms with Gasteiger partial charge in [-0.2, -0.15) is 0 Å². The number of primary sulfonamides is 1. The molecule has 3 rings (SSSR count). The molecule has 2 aliphatic carbocycles. The van der Waals surface area contributed by atoms with E-state index in [1.54, 1.807) is 4.90 Å². The van der Waals surface area contributed by atoms with Gasteiger partial charge in [-0.3, -0.25) is 4.79 Å². The molecule has 2 N–H and O–H groups in total. The van der Waals surface area contributed by atoms with E-state index in [0.29, 0.717) is 12.5 Å². The van der Waals surface area contributed by atoms with Crippen molar-refractivity contribution in [2.45, 2.75) is 36.6 Å². The monoisotopic (exact) mass is 312 g/mol. The normalized spacial score (nSPS) is 18.6. The zero-order chi connectivity index (χ0) is 15.2. The zero-order valence-electron chi connectivity index (χ0n) is 11.5. The van der Waals surface area contributed by atoms with Crippen LogP contribution >= 0.6 is 0 Å². The Kier molecular flexibility index (Phi) is 3.49. The van der Waals surface area contributed by atoms with Gasteiger partial charge in [-0.05, 0) is 49.8 Å². The van der Waals surface area contributed by atoms with Crippen LogP contribution < -0.4 is 5.14 Å². The third kappa shape index (κ3) is 3.24. The van der Waals surface area contributed by atoms with Gasteiger partial charge in [0.25, 0.3) is 5.91 Å². The van der Waals surface area contributed by atoms with Gasteiger partial charge in [-0.25, -0.2) is 17.9 Å². The van der Waals surface area contributed by atoms with Crippen molar-refractivity contribution in [2.75, 3.05) is 6.54 Å². The van der Waals surface area contributed by atoms with Gasteiger partial charge < -0.3 is 4.90 Å². The summed E-state index contributed by atoms with van der Waals surface area (Å²) in [6, 6.07) is 3.25. The molecule has 0 heterocycles. The van der Waals surface area contributed by atoms with Crippen LogP contribution in [0.25, 0.3) is 0 Å². The Bertz CT molecular complexity index is 681. The van der Waals surface area contributed by atoms with Crippen molar-refractivity contribution in [1.82, 2.24) is 4.90 Å². The minimum absolute atomic E-state index is 0.163. The number of hydrogen-bond acceptors (Lipinski definition) is 3. The maximum absolute atomic E-state index is 13.9. The van der Waals surface area contributed by atoms with Crippen LogP contribution in [0, 0.1) is 11.7 Å². The Morgan fingerprint density at radius 1 is 1.29 bits per heavy atom. The van der Waals surface area contributed by atoms with Gasteiger partial charge in [-0.15, -0.1) is 0 Å². The van der Waals surface area contributed by atoms with E-state index in [9.17, 15) is 17.6 Å². The fourth-order valence-corrected chi connectivity index (χ4v) is 2.90. The van der Waals surface area contributed by atoms with E-state index in [4.69, 9.17) is 5.14 Å². The number of rotatable bonds is 5. The molecule has 7 heteroatoms. The fourth-order valence-electron chi connectivity index (χ4n) is 2.36. The molecule has 1 aromatic carbocycles. The molecule has 0 saturated heterocycles. The number of nitrogens with zero attached hydrogens (tertiary/aromatic N) is 1. The van der Waals surface area contributed by atoms with Gasteiger partial charge in [0.15, 0.2) is 0 Å². The minimum Gasteiger partial charge on any atom is -0.335 e. The van der Waals surface area contributed by atoms with Gasteiger partial charge in [-0.1, -0.05) is 0 Å². The Morgan fingerprint density at radius 2 is 1.95 bits per heavy atom. The van der Waals surface area contributed by atoms with E-state index in [2.05, 4.69) is 0 Å². The number of benzene rings is 1. The van der Waals surface area contributed by atoms with Gasteiger partial charge in [0.1, 0.15) is 5.82 Å². The lowest BCUT2D eigenvalue weighted by Gasteiger charge is -2.22. The van der Waals surface area contributed by atoms with E-state index in [0.717, 1.165) is 43.9 Å². The van der Waals surface area contributed by atoms with Gasteiger partial charge >= 0.3 is 0 Å². The summed E-state index contributed by atoms with van der Waals surface area (Å²) in [7, 11) is -3.95. The lowest BCUT2D eigenvalue weighted by atomic mass is 10.1. The van der Waals surface area contributed by atoms with Crippen LogP contribution in [0.15, 0.2) is 23.1 Å². The maximum atomic E-state index is 13.9. The molecular weight excluding hydrogens is 295 g/mol. The van der Waals surface area contributed by atoms with Crippen LogP contribution in [-0.4, -0.2) is 31.8 Å². The zero-order valence-corrected chi connectivity index (χ0v) is 12.3. The highest BCUT2D eigenvalue weighted by Gasteiger charge is 2.37. The summed E-state index contributed by atoms with van der Waals surface area (Å²) < 4.78 is 36.6. The smallest absolute Gasteiger partial charge is 0.257 e. The average molecular weight is 312 g/mol. The summed E-state index contributed by atoms with van der Waals surface area (Å²) in [5.41, 5.74) is -0.214. The molecule has 0 bridgehead atoms. The number of sulfonamides is 1. The summed E-state index contributed by atoms with van der Waals surface area (Å²) in [6.07, 6.45) is 4.04. The maximum Gasteiger partial charge on any atom is 0.257 e. The molecule has 0 aromatic heterocycles. The Morgan fingerprint density at radius 3 is 2.48 bits per heavy atom. The van der Waals surface area contributed by atoms with Crippen molar-refractivity contribution < 1.29 is 17.6 Å². The number of carbonyl (C=O) groups excluding carboxylic acids is 1. The summed E-state index contributed by atoms with van der Waals surface area (Å²) in [6.45, 7) is 0.628. The van der Waals surface area contributed by atoms with E-state index < -0.39 is 21.7 Å². The lowest BCUT2D eigenvalue weighted by molar-refractivity contribution is 0.0729. The Hall–Kier alpha value is -1.47. The van der Waals surface area contributed by atoms with Crippen LogP contribution in [-0.2, 0) is 10.0 Å². The molecule has 1 amide bonds. The Balaban J connectivity index is 1.91. The molecule has 2 fully saturated rings. The Labute approximate surface area is 123 Å². The van der Waals surface area contributed by atoms with Gasteiger partial charge in [0.2, 0.25) is 10.0 Å². The van der Waals surface area contributed by atoms with Crippen molar-refractivity contribution in [3.05, 3.63) is 29.6 Å². The van der Waals surface area contributed by atoms with Crippen molar-refractivity contribution in [3.8, 4) is 0 Å². The molecule has 0 unspecified atom stereocenters. The van der Waals surface area contributed by atoms with Crippen LogP contribution in [0.3, 0.4) is 0 Å². The van der Waals surface area contributed by atoms with E-state index in [1.807, 2.05) is 0 Å². The van der Waals surface area contributed by atoms with Gasteiger partial charge in [0.05, 0.1) is 10.5 Å². The van der Waals surface area contributed by atoms with Gasteiger partial charge in [0, 0.05) is 12.6 Å². The minimum atomic E-state index is -3.95. The topological polar surface area (TPSA) is 80.5 Å². The predicted octanol–water partition coefficient (Wildman–Crippen LogP) is 1.49. The largest absolute Gasteiger partial charge is 0.335 e. The summed E-state index contributed by atoms with van der Waals surface area (Å²) in [5, 5.41) is 5.04. The first-order valence-electron chi connectivity index (χ1n) is 6.99. The second kappa shape index (κ2) is 5.06. The standard InChI is InChI=1S/C14H17FN2O3S/c15-13-6-5-11(21(16,19)20)7-12(13)14(18)17(10-3-4-10)8-9-1-2-9/h5-7,9-10H,1-4,8H2,(H2,16,19,20). The highest BCUT2D eigenvalue weighted by atomic mass is 32.2. The molecule has 0 atom stereocenters. The highest BCUT2D eigenvalue weighted by Crippen LogP contribution is 2.36. The molecule has 5 nitrogen and oxygen atoms in total. The summed E-state index contributed by atoms with van der Waals surface area (Å²) >= 11 is 0. The van der Waals surface area contributed by atoms with Crippen LogP contribution in [0.5, 0.6) is 0 Å². The highest BCUT2D eigenvalue weighted by molar-refractivity contribution is 7.89. The summed E-state index contributed by atoms with van der Waals surface area (Å²) in [5.74, 6) is -0.653. The lowest BCUT2D eigenvalue weighted by Crippen LogP contribution is -2.35. The third-order valence-electron chi connectivity index (χ3n) is 3.90. The molecule has 114 valence electrons. The molecule has 1 aromatic rings. The number of amides is 1. The van der Waals surface area contributed by atoms with Crippen molar-refractivity contribution in [2.24, 2.45) is 11.1 Å². The quantitative estimate of drug-likeness (QED) is 0.894. The van der Waals surface area contributed by atoms with Crippen LogP contribution in [0.4, 0.5) is 4.39 Å². The fraction of sp³-hybridized carbons (Fsp3) is 0.500. The van der Waals surface area contributed by atoms with Crippen LogP contribution in [0.2, 0.25) is 0 Å². The number of halogens is 1. The van der Waals surface area contributed by atoms with E-state index >= 15 is 0 Å². The predicted molar refractivity (Wildman–Crippen MR) is 74.6 cm³/mol. The molecule has 0 radical (unpaired) electrons. The van der Waals surface area contributed by atoms with Crippen molar-refractivity contribution in [3.63, 3.8) is 0 Å². The number of hydrogen-bond donors (Lipinski definition) is 1. The SMILES string of the molecule is NS(=O)(=O)c1ccc(F)c(C(=O)N(CC2CC2)C2CC2)c1. The first-order valence-corrected chi connectivity index (χ1v) is 8.54. The third-order valence-corrected chi connectivity index (χ3v) is 4.81. The number of nitrogens with two attached hydrogens (primary N) is 1. The molecule has 21 heavy (non-hydrogen) atoms. The number of carbonyl (C=O) groups is 1. The second-order valence-corrected chi connectivity index (χ2v) is 7.38. The summed E-state index contributed by atoms with van der Waals surface area (Å²) in [4.78, 5) is 14.0. The molecule has 2 aliphatic rings. The molecular formula is C14H17FN2O3S. The van der Waals surface area contributed by atoms with Crippen molar-refractivity contribution in [1.29, 1.82) is 0 Å². The molecule has 2 saturated carbocycles. The van der Waals surface area contributed by atoms with Crippen LogP contribution in [0.1, 0.15) is 36.0 Å². The average Bonchev–Trinajstić information content (AvgIpc) is 3.26. The second-order valence-electron chi connectivity index (χ2n) is 5.82. The molecule has 0 spiro atoms. The first-order chi connectivity index (χ1) is 9.86.